The molecular formula is C17H24N2O2. The fourth-order valence-electron chi connectivity index (χ4n) is 2.70. The van der Waals surface area contributed by atoms with Gasteiger partial charge in [0.1, 0.15) is 5.75 Å². The highest BCUT2D eigenvalue weighted by Crippen LogP contribution is 2.26. The molecule has 0 aliphatic carbocycles. The first-order chi connectivity index (χ1) is 10.2. The van der Waals surface area contributed by atoms with Gasteiger partial charge in [-0.3, -0.25) is 4.79 Å². The molecule has 0 aliphatic heterocycles. The van der Waals surface area contributed by atoms with E-state index in [2.05, 4.69) is 35.6 Å². The van der Waals surface area contributed by atoms with Gasteiger partial charge in [0, 0.05) is 24.2 Å². The Morgan fingerprint density at radius 3 is 2.67 bits per heavy atom. The normalized spacial score (nSPS) is 11.2. The predicted octanol–water partition coefficient (Wildman–Crippen LogP) is 3.19. The molecule has 0 amide bonds. The predicted molar refractivity (Wildman–Crippen MR) is 86.3 cm³/mol. The number of hydrogen-bond donors (Lipinski definition) is 0. The molecule has 4 heteroatoms. The van der Waals surface area contributed by atoms with E-state index in [4.69, 9.17) is 4.74 Å². The third-order valence-corrected chi connectivity index (χ3v) is 4.02. The number of aryl methyl sites for hydroxylation is 1. The molecule has 0 radical (unpaired) electrons. The summed E-state index contributed by atoms with van der Waals surface area (Å²) in [5.74, 6) is 0.640. The molecular weight excluding hydrogens is 264 g/mol. The number of aromatic nitrogens is 1. The molecule has 21 heavy (non-hydrogen) atoms. The van der Waals surface area contributed by atoms with Crippen LogP contribution in [-0.2, 0) is 6.54 Å². The fourth-order valence-corrected chi connectivity index (χ4v) is 2.70. The van der Waals surface area contributed by atoms with Crippen molar-refractivity contribution in [2.45, 2.75) is 26.8 Å². The number of benzene rings is 1. The van der Waals surface area contributed by atoms with Gasteiger partial charge in [0.25, 0.3) is 0 Å². The van der Waals surface area contributed by atoms with E-state index < -0.39 is 0 Å². The molecule has 0 unspecified atom stereocenters. The molecule has 2 rings (SSSR count). The van der Waals surface area contributed by atoms with Gasteiger partial charge in [-0.05, 0) is 38.2 Å². The summed E-state index contributed by atoms with van der Waals surface area (Å²) in [6, 6.07) is 5.90. The first-order valence-corrected chi connectivity index (χ1v) is 7.57. The van der Waals surface area contributed by atoms with Crippen LogP contribution in [0.1, 0.15) is 30.6 Å². The van der Waals surface area contributed by atoms with Crippen molar-refractivity contribution in [3.63, 3.8) is 0 Å². The summed E-state index contributed by atoms with van der Waals surface area (Å²) >= 11 is 0. The summed E-state index contributed by atoms with van der Waals surface area (Å²) < 4.78 is 7.53. The van der Waals surface area contributed by atoms with Gasteiger partial charge in [0.15, 0.2) is 6.29 Å². The number of hydrogen-bond acceptors (Lipinski definition) is 3. The van der Waals surface area contributed by atoms with Crippen LogP contribution in [0.2, 0.25) is 0 Å². The summed E-state index contributed by atoms with van der Waals surface area (Å²) in [7, 11) is 1.60. The second-order valence-corrected chi connectivity index (χ2v) is 5.16. The Labute approximate surface area is 126 Å². The highest BCUT2D eigenvalue weighted by molar-refractivity contribution is 5.91. The van der Waals surface area contributed by atoms with Crippen LogP contribution in [0.5, 0.6) is 5.75 Å². The summed E-state index contributed by atoms with van der Waals surface area (Å²) in [5, 5.41) is 1.08. The third-order valence-electron chi connectivity index (χ3n) is 4.02. The van der Waals surface area contributed by atoms with Crippen molar-refractivity contribution in [3.05, 3.63) is 30.0 Å². The molecule has 0 fully saturated rings. The quantitative estimate of drug-likeness (QED) is 0.700. The molecule has 114 valence electrons. The average Bonchev–Trinajstić information content (AvgIpc) is 2.92. The fraction of sp³-hybridized carbons (Fsp3) is 0.471. The molecule has 0 spiro atoms. The van der Waals surface area contributed by atoms with Crippen LogP contribution in [-0.4, -0.2) is 42.5 Å². The lowest BCUT2D eigenvalue weighted by molar-refractivity contribution is 0.112. The largest absolute Gasteiger partial charge is 0.496 e. The van der Waals surface area contributed by atoms with Gasteiger partial charge in [-0.1, -0.05) is 13.8 Å². The van der Waals surface area contributed by atoms with Gasteiger partial charge in [-0.15, -0.1) is 0 Å². The van der Waals surface area contributed by atoms with Crippen LogP contribution in [0, 0.1) is 0 Å². The lowest BCUT2D eigenvalue weighted by Gasteiger charge is -2.18. The van der Waals surface area contributed by atoms with Crippen LogP contribution in [0.15, 0.2) is 24.4 Å². The Bertz CT molecular complexity index is 600. The number of methoxy groups -OCH3 is 1. The van der Waals surface area contributed by atoms with E-state index in [0.717, 1.165) is 49.8 Å². The van der Waals surface area contributed by atoms with Crippen molar-refractivity contribution in [2.75, 3.05) is 26.7 Å². The lowest BCUT2D eigenvalue weighted by Crippen LogP contribution is -2.24. The zero-order valence-electron chi connectivity index (χ0n) is 13.1. The van der Waals surface area contributed by atoms with Gasteiger partial charge >= 0.3 is 0 Å². The van der Waals surface area contributed by atoms with Crippen molar-refractivity contribution in [2.24, 2.45) is 0 Å². The van der Waals surface area contributed by atoms with E-state index in [9.17, 15) is 4.79 Å². The average molecular weight is 288 g/mol. The second-order valence-electron chi connectivity index (χ2n) is 5.16. The highest BCUT2D eigenvalue weighted by atomic mass is 16.5. The molecule has 0 N–H and O–H groups in total. The summed E-state index contributed by atoms with van der Waals surface area (Å²) in [6.45, 7) is 8.67. The first-order valence-electron chi connectivity index (χ1n) is 7.57. The Morgan fingerprint density at radius 2 is 2.05 bits per heavy atom. The zero-order valence-corrected chi connectivity index (χ0v) is 13.1. The molecule has 1 aromatic heterocycles. The van der Waals surface area contributed by atoms with Crippen molar-refractivity contribution in [3.8, 4) is 5.75 Å². The van der Waals surface area contributed by atoms with Gasteiger partial charge < -0.3 is 14.2 Å². The van der Waals surface area contributed by atoms with Crippen molar-refractivity contribution >= 4 is 17.2 Å². The zero-order chi connectivity index (χ0) is 15.2. The van der Waals surface area contributed by atoms with E-state index in [1.807, 2.05) is 12.1 Å². The van der Waals surface area contributed by atoms with Crippen LogP contribution in [0.3, 0.4) is 0 Å². The Morgan fingerprint density at radius 1 is 1.29 bits per heavy atom. The number of carbonyl (C=O) groups excluding carboxylic acids is 1. The SMILES string of the molecule is CCN(CC)CCCn1ccc2cc(C=O)c(OC)cc21. The maximum atomic E-state index is 11.1. The highest BCUT2D eigenvalue weighted by Gasteiger charge is 2.08. The van der Waals surface area contributed by atoms with E-state index in [1.165, 1.54) is 0 Å². The van der Waals surface area contributed by atoms with Crippen LogP contribution < -0.4 is 4.74 Å². The maximum absolute atomic E-state index is 11.1. The standard InChI is InChI=1S/C17H24N2O2/c1-4-18(5-2)8-6-9-19-10-7-14-11-15(13-20)17(21-3)12-16(14)19/h7,10-13H,4-6,8-9H2,1-3H3. The van der Waals surface area contributed by atoms with Gasteiger partial charge in [-0.2, -0.15) is 0 Å². The summed E-state index contributed by atoms with van der Waals surface area (Å²) in [5.41, 5.74) is 1.72. The Kier molecular flexibility index (Phi) is 5.39. The second kappa shape index (κ2) is 7.27. The van der Waals surface area contributed by atoms with Crippen LogP contribution >= 0.6 is 0 Å². The molecule has 0 atom stereocenters. The molecule has 1 heterocycles. The van der Waals surface area contributed by atoms with Gasteiger partial charge in [-0.25, -0.2) is 0 Å². The van der Waals surface area contributed by atoms with E-state index in [1.54, 1.807) is 7.11 Å². The minimum absolute atomic E-state index is 0.603. The number of ether oxygens (including phenoxy) is 1. The Hall–Kier alpha value is -1.81. The first kappa shape index (κ1) is 15.6. The van der Waals surface area contributed by atoms with E-state index in [-0.39, 0.29) is 0 Å². The number of fused-ring (bicyclic) bond motifs is 1. The molecule has 1 aromatic carbocycles. The van der Waals surface area contributed by atoms with Crippen molar-refractivity contribution in [1.29, 1.82) is 0 Å². The van der Waals surface area contributed by atoms with E-state index >= 15 is 0 Å². The minimum atomic E-state index is 0.603. The maximum Gasteiger partial charge on any atom is 0.153 e. The monoisotopic (exact) mass is 288 g/mol. The molecule has 0 aliphatic rings. The smallest absolute Gasteiger partial charge is 0.153 e. The third kappa shape index (κ3) is 3.45. The number of nitrogens with zero attached hydrogens (tertiary/aromatic N) is 2. The number of aldehydes is 1. The lowest BCUT2D eigenvalue weighted by atomic mass is 10.1. The van der Waals surface area contributed by atoms with Crippen molar-refractivity contribution in [1.82, 2.24) is 9.47 Å². The molecule has 0 saturated carbocycles. The molecule has 2 aromatic rings. The van der Waals surface area contributed by atoms with Gasteiger partial charge in [0.2, 0.25) is 0 Å². The molecule has 4 nitrogen and oxygen atoms in total. The molecule has 0 saturated heterocycles. The topological polar surface area (TPSA) is 34.5 Å². The van der Waals surface area contributed by atoms with E-state index in [0.29, 0.717) is 11.3 Å². The van der Waals surface area contributed by atoms with Gasteiger partial charge in [0.05, 0.1) is 18.2 Å². The number of rotatable bonds is 8. The minimum Gasteiger partial charge on any atom is -0.496 e. The molecule has 0 bridgehead atoms. The van der Waals surface area contributed by atoms with Crippen molar-refractivity contribution < 1.29 is 9.53 Å². The summed E-state index contributed by atoms with van der Waals surface area (Å²) in [4.78, 5) is 13.5. The summed E-state index contributed by atoms with van der Waals surface area (Å²) in [6.07, 6.45) is 4.04. The van der Waals surface area contributed by atoms with Crippen LogP contribution in [0.4, 0.5) is 0 Å². The van der Waals surface area contributed by atoms with Crippen LogP contribution in [0.25, 0.3) is 10.9 Å². The number of carbonyl (C=O) groups is 1. The Balaban J connectivity index is 2.15.